The smallest absolute Gasteiger partial charge is 0.417 e. The highest BCUT2D eigenvalue weighted by Gasteiger charge is 2.31. The first kappa shape index (κ1) is 37.4. The minimum absolute atomic E-state index is 0.137. The molecule has 1 atom stereocenters. The van der Waals surface area contributed by atoms with Crippen LogP contribution in [0, 0.1) is 0 Å². The number of nitrogens with zero attached hydrogens (tertiary/aromatic N) is 3. The SMILES string of the molecule is CC(C)(C)OC(=O)NC(=Nc1ccc(C(=O)Nc2ccc(CN(c3ccc(C(F)(F)F)cn3)S(=O)O)cc2)cc1)NC(=O)OC(C)(C)C. The van der Waals surface area contributed by atoms with E-state index in [1.54, 1.807) is 65.8 Å². The van der Waals surface area contributed by atoms with E-state index in [0.717, 1.165) is 16.4 Å². The monoisotopic (exact) mass is 692 g/mol. The van der Waals surface area contributed by atoms with Gasteiger partial charge in [-0.3, -0.25) is 20.0 Å². The van der Waals surface area contributed by atoms with E-state index in [2.05, 4.69) is 25.9 Å². The summed E-state index contributed by atoms with van der Waals surface area (Å²) in [6, 6.07) is 13.9. The second kappa shape index (κ2) is 15.2. The first-order valence-electron chi connectivity index (χ1n) is 14.2. The van der Waals surface area contributed by atoms with Gasteiger partial charge in [0, 0.05) is 17.4 Å². The van der Waals surface area contributed by atoms with Crippen LogP contribution in [0.3, 0.4) is 0 Å². The van der Waals surface area contributed by atoms with Crippen molar-refractivity contribution in [2.24, 2.45) is 4.99 Å². The molecule has 258 valence electrons. The van der Waals surface area contributed by atoms with Gasteiger partial charge in [0.2, 0.25) is 5.96 Å². The van der Waals surface area contributed by atoms with Gasteiger partial charge in [0.25, 0.3) is 17.2 Å². The van der Waals surface area contributed by atoms with Crippen molar-refractivity contribution in [2.75, 3.05) is 9.62 Å². The van der Waals surface area contributed by atoms with Crippen LogP contribution in [0.2, 0.25) is 0 Å². The molecule has 13 nitrogen and oxygen atoms in total. The van der Waals surface area contributed by atoms with Gasteiger partial charge in [-0.05, 0) is 95.6 Å². The summed E-state index contributed by atoms with van der Waals surface area (Å²) in [5.74, 6) is -0.889. The molecular formula is C31H35F3N6O7S. The van der Waals surface area contributed by atoms with Crippen molar-refractivity contribution in [3.05, 3.63) is 83.6 Å². The first-order valence-corrected chi connectivity index (χ1v) is 15.3. The van der Waals surface area contributed by atoms with E-state index >= 15 is 0 Å². The van der Waals surface area contributed by atoms with Crippen molar-refractivity contribution >= 4 is 52.5 Å². The van der Waals surface area contributed by atoms with Crippen LogP contribution in [0.1, 0.15) is 63.0 Å². The van der Waals surface area contributed by atoms with Crippen molar-refractivity contribution in [3.63, 3.8) is 0 Å². The summed E-state index contributed by atoms with van der Waals surface area (Å²) in [5.41, 5.74) is -1.21. The molecule has 4 N–H and O–H groups in total. The highest BCUT2D eigenvalue weighted by Crippen LogP contribution is 2.30. The Kier molecular flexibility index (Phi) is 11.9. The lowest BCUT2D eigenvalue weighted by Gasteiger charge is -2.22. The standard InChI is InChI=1S/C31H35F3N6O7S/c1-29(2,3)46-27(42)38-26(39-28(43)47-30(4,5)6)37-23-14-9-20(10-15-23)25(41)36-22-12-7-19(8-13-22)18-40(48(44)45)24-16-11-21(17-35-24)31(32,33)34/h7-17H,18H2,1-6H3,(H,36,41)(H,44,45)(H2,37,38,39,42,43). The van der Waals surface area contributed by atoms with Gasteiger partial charge >= 0.3 is 18.4 Å². The van der Waals surface area contributed by atoms with Gasteiger partial charge in [-0.2, -0.15) is 13.2 Å². The lowest BCUT2D eigenvalue weighted by Crippen LogP contribution is -2.47. The Morgan fingerprint density at radius 2 is 1.40 bits per heavy atom. The largest absolute Gasteiger partial charge is 0.444 e. The summed E-state index contributed by atoms with van der Waals surface area (Å²) in [4.78, 5) is 45.4. The summed E-state index contributed by atoms with van der Waals surface area (Å²) in [5, 5.41) is 7.44. The second-order valence-corrected chi connectivity index (χ2v) is 13.0. The molecule has 3 aromatic rings. The molecule has 0 aliphatic rings. The van der Waals surface area contributed by atoms with E-state index in [1.807, 2.05) is 0 Å². The number of alkyl halides is 3. The van der Waals surface area contributed by atoms with E-state index in [9.17, 15) is 36.3 Å². The molecule has 2 aromatic carbocycles. The van der Waals surface area contributed by atoms with Crippen LogP contribution in [-0.2, 0) is 33.5 Å². The molecule has 3 amide bonds. The average Bonchev–Trinajstić information content (AvgIpc) is 2.94. The number of halogens is 3. The Hall–Kier alpha value is -5.03. The molecule has 48 heavy (non-hydrogen) atoms. The van der Waals surface area contributed by atoms with Gasteiger partial charge in [-0.1, -0.05) is 12.1 Å². The molecule has 1 unspecified atom stereocenters. The number of guanidine groups is 1. The Morgan fingerprint density at radius 1 is 0.854 bits per heavy atom. The van der Waals surface area contributed by atoms with Gasteiger partial charge < -0.3 is 14.8 Å². The number of aliphatic imine (C=N–C) groups is 1. The number of nitrogens with one attached hydrogen (secondary N) is 3. The van der Waals surface area contributed by atoms with Crippen molar-refractivity contribution in [3.8, 4) is 0 Å². The average molecular weight is 693 g/mol. The summed E-state index contributed by atoms with van der Waals surface area (Å²) in [6.45, 7) is 9.85. The number of hydrogen-bond donors (Lipinski definition) is 4. The predicted molar refractivity (Wildman–Crippen MR) is 173 cm³/mol. The normalized spacial score (nSPS) is 12.3. The van der Waals surface area contributed by atoms with Crippen LogP contribution in [0.5, 0.6) is 0 Å². The number of alkyl carbamates (subject to hydrolysis) is 2. The fourth-order valence-corrected chi connectivity index (χ4v) is 4.21. The number of benzene rings is 2. The fraction of sp³-hybridized carbons (Fsp3) is 0.323. The van der Waals surface area contributed by atoms with Crippen molar-refractivity contribution in [1.29, 1.82) is 0 Å². The number of amides is 3. The van der Waals surface area contributed by atoms with Crippen LogP contribution < -0.4 is 20.3 Å². The minimum atomic E-state index is -4.60. The first-order chi connectivity index (χ1) is 22.2. The zero-order valence-corrected chi connectivity index (χ0v) is 27.7. The molecule has 17 heteroatoms. The maximum Gasteiger partial charge on any atom is 0.417 e. The quantitative estimate of drug-likeness (QED) is 0.123. The van der Waals surface area contributed by atoms with E-state index in [1.165, 1.54) is 24.3 Å². The molecule has 0 aliphatic carbocycles. The highest BCUT2D eigenvalue weighted by atomic mass is 32.2. The summed E-state index contributed by atoms with van der Waals surface area (Å²) >= 11 is -2.59. The number of carbonyl (C=O) groups is 3. The molecule has 0 saturated heterocycles. The van der Waals surface area contributed by atoms with Crippen LogP contribution in [-0.4, -0.2) is 49.0 Å². The molecule has 0 saturated carbocycles. The number of hydrogen-bond acceptors (Lipinski definition) is 8. The lowest BCUT2D eigenvalue weighted by molar-refractivity contribution is -0.137. The summed E-state index contributed by atoms with van der Waals surface area (Å²) in [6.07, 6.45) is -5.76. The molecule has 1 aromatic heterocycles. The highest BCUT2D eigenvalue weighted by molar-refractivity contribution is 7.80. The molecule has 0 bridgehead atoms. The maximum atomic E-state index is 12.9. The van der Waals surface area contributed by atoms with E-state index in [-0.39, 0.29) is 29.6 Å². The van der Waals surface area contributed by atoms with Crippen LogP contribution in [0.15, 0.2) is 71.9 Å². The number of aromatic nitrogens is 1. The van der Waals surface area contributed by atoms with Gasteiger partial charge in [-0.25, -0.2) is 28.1 Å². The zero-order valence-electron chi connectivity index (χ0n) is 26.8. The maximum absolute atomic E-state index is 12.9. The third kappa shape index (κ3) is 12.3. The summed E-state index contributed by atoms with van der Waals surface area (Å²) < 4.78 is 71.5. The Bertz CT molecular complexity index is 1620. The molecule has 3 rings (SSSR count). The van der Waals surface area contributed by atoms with Crippen LogP contribution in [0.25, 0.3) is 0 Å². The van der Waals surface area contributed by atoms with E-state index in [4.69, 9.17) is 9.47 Å². The minimum Gasteiger partial charge on any atom is -0.444 e. The van der Waals surface area contributed by atoms with Gasteiger partial charge in [-0.15, -0.1) is 0 Å². The lowest BCUT2D eigenvalue weighted by atomic mass is 10.1. The molecule has 1 heterocycles. The van der Waals surface area contributed by atoms with Crippen molar-refractivity contribution in [1.82, 2.24) is 15.6 Å². The predicted octanol–water partition coefficient (Wildman–Crippen LogP) is 6.53. The zero-order chi connectivity index (χ0) is 35.9. The van der Waals surface area contributed by atoms with Gasteiger partial charge in [0.15, 0.2) is 0 Å². The number of anilines is 2. The van der Waals surface area contributed by atoms with E-state index < -0.39 is 52.3 Å². The molecule has 0 spiro atoms. The topological polar surface area (TPSA) is 172 Å². The molecule has 0 fully saturated rings. The number of rotatable bonds is 7. The van der Waals surface area contributed by atoms with Crippen LogP contribution in [0.4, 0.5) is 40.0 Å². The second-order valence-electron chi connectivity index (χ2n) is 12.1. The summed E-state index contributed by atoms with van der Waals surface area (Å²) in [7, 11) is 0. The Labute approximate surface area is 277 Å². The van der Waals surface area contributed by atoms with E-state index in [0.29, 0.717) is 17.4 Å². The number of pyridine rings is 1. The number of carbonyl (C=O) groups excluding carboxylic acids is 3. The molecule has 0 aliphatic heterocycles. The van der Waals surface area contributed by atoms with Crippen molar-refractivity contribution in [2.45, 2.75) is 65.5 Å². The molecule has 0 radical (unpaired) electrons. The Morgan fingerprint density at radius 3 is 1.83 bits per heavy atom. The van der Waals surface area contributed by atoms with Crippen LogP contribution >= 0.6 is 0 Å². The van der Waals surface area contributed by atoms with Crippen molar-refractivity contribution < 1.29 is 45.8 Å². The number of ether oxygens (including phenoxy) is 2. The third-order valence-electron chi connectivity index (χ3n) is 5.67. The fourth-order valence-electron chi connectivity index (χ4n) is 3.68. The van der Waals surface area contributed by atoms with Gasteiger partial charge in [0.05, 0.1) is 17.8 Å². The van der Waals surface area contributed by atoms with Gasteiger partial charge in [0.1, 0.15) is 17.0 Å². The third-order valence-corrected chi connectivity index (χ3v) is 6.36. The Balaban J connectivity index is 1.69. The molecular weight excluding hydrogens is 657 g/mol.